The van der Waals surface area contributed by atoms with E-state index in [-0.39, 0.29) is 17.7 Å². The van der Waals surface area contributed by atoms with Crippen molar-refractivity contribution < 1.29 is 14.4 Å². The van der Waals surface area contributed by atoms with Crippen LogP contribution in [0.15, 0.2) is 59.5 Å². The zero-order chi connectivity index (χ0) is 18.7. The molecule has 5 nitrogen and oxygen atoms in total. The van der Waals surface area contributed by atoms with E-state index in [0.717, 1.165) is 10.5 Å². The van der Waals surface area contributed by atoms with Crippen molar-refractivity contribution in [2.75, 3.05) is 12.4 Å². The summed E-state index contributed by atoms with van der Waals surface area (Å²) in [6.07, 6.45) is 0. The Morgan fingerprint density at radius 1 is 1.00 bits per heavy atom. The zero-order valence-electron chi connectivity index (χ0n) is 14.5. The molecule has 26 heavy (non-hydrogen) atoms. The summed E-state index contributed by atoms with van der Waals surface area (Å²) in [5.74, 6) is -0.145. The van der Waals surface area contributed by atoms with Gasteiger partial charge in [0.25, 0.3) is 11.8 Å². The Bertz CT molecular complexity index is 889. The summed E-state index contributed by atoms with van der Waals surface area (Å²) in [7, 11) is 1.49. The van der Waals surface area contributed by atoms with Gasteiger partial charge in [0.2, 0.25) is 5.91 Å². The van der Waals surface area contributed by atoms with Gasteiger partial charge < -0.3 is 5.32 Å². The van der Waals surface area contributed by atoms with Gasteiger partial charge in [0.05, 0.1) is 10.5 Å². The van der Waals surface area contributed by atoms with Crippen molar-refractivity contribution >= 4 is 40.7 Å². The number of thioether (sulfide) groups is 1. The van der Waals surface area contributed by atoms with E-state index >= 15 is 0 Å². The minimum absolute atomic E-state index is 0.164. The summed E-state index contributed by atoms with van der Waals surface area (Å²) in [5, 5.41) is 2.69. The number of carbonyl (C=O) groups is 3. The summed E-state index contributed by atoms with van der Waals surface area (Å²) in [6.45, 7) is 1.43. The van der Waals surface area contributed by atoms with Gasteiger partial charge >= 0.3 is 0 Å². The van der Waals surface area contributed by atoms with Crippen molar-refractivity contribution in [2.45, 2.75) is 12.7 Å². The maximum absolute atomic E-state index is 12.6. The molecule has 0 bridgehead atoms. The van der Waals surface area contributed by atoms with Gasteiger partial charge in [-0.25, -0.2) is 0 Å². The number of hydrogen-bond donors (Lipinski definition) is 1. The number of nitrogens with one attached hydrogen (secondary N) is 1. The molecular formula is C20H18N2O3S. The van der Waals surface area contributed by atoms with Crippen LogP contribution in [0.5, 0.6) is 0 Å². The normalized spacial score (nSPS) is 14.2. The highest BCUT2D eigenvalue weighted by Crippen LogP contribution is 2.37. The highest BCUT2D eigenvalue weighted by molar-refractivity contribution is 8.03. The van der Waals surface area contributed by atoms with Crippen molar-refractivity contribution in [3.63, 3.8) is 0 Å². The van der Waals surface area contributed by atoms with Gasteiger partial charge in [-0.2, -0.15) is 0 Å². The maximum atomic E-state index is 12.6. The number of amides is 3. The van der Waals surface area contributed by atoms with Crippen LogP contribution in [-0.4, -0.2) is 29.7 Å². The average Bonchev–Trinajstić information content (AvgIpc) is 2.85. The number of anilines is 1. The van der Waals surface area contributed by atoms with E-state index in [1.165, 1.54) is 25.7 Å². The fourth-order valence-electron chi connectivity index (χ4n) is 2.66. The van der Waals surface area contributed by atoms with Crippen LogP contribution in [0.25, 0.3) is 5.57 Å². The molecule has 0 unspecified atom stereocenters. The first kappa shape index (κ1) is 17.9. The second-order valence-electron chi connectivity index (χ2n) is 5.91. The maximum Gasteiger partial charge on any atom is 0.267 e. The minimum Gasteiger partial charge on any atom is -0.326 e. The number of likely N-dealkylation sites (N-methyl/N-ethyl adjacent to an activating group) is 1. The molecule has 0 saturated carbocycles. The molecule has 0 saturated heterocycles. The monoisotopic (exact) mass is 366 g/mol. The Morgan fingerprint density at radius 3 is 2.27 bits per heavy atom. The summed E-state index contributed by atoms with van der Waals surface area (Å²) < 4.78 is 0. The number of benzene rings is 2. The molecule has 6 heteroatoms. The van der Waals surface area contributed by atoms with Crippen LogP contribution in [0.2, 0.25) is 0 Å². The van der Waals surface area contributed by atoms with Gasteiger partial charge in [-0.05, 0) is 23.3 Å². The van der Waals surface area contributed by atoms with E-state index in [4.69, 9.17) is 0 Å². The average molecular weight is 366 g/mol. The second-order valence-corrected chi connectivity index (χ2v) is 6.89. The number of rotatable bonds is 5. The Labute approximate surface area is 156 Å². The summed E-state index contributed by atoms with van der Waals surface area (Å²) >= 11 is 1.37. The fraction of sp³-hybridized carbons (Fsp3) is 0.150. The standard InChI is InChI=1S/C20H18N2O3S/c1-13(23)21-16-10-8-15(9-11-16)17-18(20(25)22(2)19(17)24)26-12-14-6-4-3-5-7-14/h3-11H,12H2,1-2H3,(H,21,23). The predicted octanol–water partition coefficient (Wildman–Crippen LogP) is 3.29. The molecule has 0 fully saturated rings. The molecule has 132 valence electrons. The molecule has 1 aliphatic heterocycles. The summed E-state index contributed by atoms with van der Waals surface area (Å²) in [6, 6.07) is 16.7. The van der Waals surface area contributed by atoms with Gasteiger partial charge in [0.15, 0.2) is 0 Å². The van der Waals surface area contributed by atoms with Crippen molar-refractivity contribution in [2.24, 2.45) is 0 Å². The number of imide groups is 1. The lowest BCUT2D eigenvalue weighted by atomic mass is 10.1. The lowest BCUT2D eigenvalue weighted by Gasteiger charge is -2.07. The molecule has 1 N–H and O–H groups in total. The van der Waals surface area contributed by atoms with Crippen LogP contribution in [0.3, 0.4) is 0 Å². The Balaban J connectivity index is 1.91. The van der Waals surface area contributed by atoms with Crippen LogP contribution in [0, 0.1) is 0 Å². The third-order valence-corrected chi connectivity index (χ3v) is 5.11. The van der Waals surface area contributed by atoms with Crippen molar-refractivity contribution in [1.82, 2.24) is 4.90 Å². The molecule has 0 radical (unpaired) electrons. The Hall–Kier alpha value is -2.86. The van der Waals surface area contributed by atoms with E-state index in [0.29, 0.717) is 27.5 Å². The van der Waals surface area contributed by atoms with E-state index in [1.54, 1.807) is 24.3 Å². The van der Waals surface area contributed by atoms with Crippen LogP contribution in [0.1, 0.15) is 18.1 Å². The first-order valence-electron chi connectivity index (χ1n) is 8.09. The van der Waals surface area contributed by atoms with E-state index in [1.807, 2.05) is 30.3 Å². The molecule has 2 aromatic carbocycles. The minimum atomic E-state index is -0.308. The molecule has 0 spiro atoms. The van der Waals surface area contributed by atoms with Crippen molar-refractivity contribution in [3.8, 4) is 0 Å². The molecule has 0 aromatic heterocycles. The SMILES string of the molecule is CC(=O)Nc1ccc(C2=C(SCc3ccccc3)C(=O)N(C)C2=O)cc1. The summed E-state index contributed by atoms with van der Waals surface area (Å²) in [4.78, 5) is 37.8. The van der Waals surface area contributed by atoms with Crippen LogP contribution in [-0.2, 0) is 20.1 Å². The van der Waals surface area contributed by atoms with Gasteiger partial charge in [-0.15, -0.1) is 11.8 Å². The third kappa shape index (κ3) is 3.70. The molecule has 1 heterocycles. The Kier molecular flexibility index (Phi) is 5.23. The molecule has 1 aliphatic rings. The van der Waals surface area contributed by atoms with Gasteiger partial charge in [-0.3, -0.25) is 19.3 Å². The van der Waals surface area contributed by atoms with Crippen LogP contribution >= 0.6 is 11.8 Å². The van der Waals surface area contributed by atoms with Crippen molar-refractivity contribution in [1.29, 1.82) is 0 Å². The van der Waals surface area contributed by atoms with Crippen molar-refractivity contribution in [3.05, 3.63) is 70.6 Å². The molecule has 0 atom stereocenters. The second kappa shape index (κ2) is 7.58. The Morgan fingerprint density at radius 2 is 1.65 bits per heavy atom. The fourth-order valence-corrected chi connectivity index (χ4v) is 3.77. The summed E-state index contributed by atoms with van der Waals surface area (Å²) in [5.41, 5.74) is 2.80. The number of hydrogen-bond acceptors (Lipinski definition) is 4. The zero-order valence-corrected chi connectivity index (χ0v) is 15.3. The van der Waals surface area contributed by atoms with Gasteiger partial charge in [0, 0.05) is 25.4 Å². The molecule has 3 amide bonds. The van der Waals surface area contributed by atoms with E-state index < -0.39 is 0 Å². The van der Waals surface area contributed by atoms with Crippen LogP contribution in [0.4, 0.5) is 5.69 Å². The smallest absolute Gasteiger partial charge is 0.267 e. The van der Waals surface area contributed by atoms with Crippen LogP contribution < -0.4 is 5.32 Å². The van der Waals surface area contributed by atoms with Gasteiger partial charge in [0.1, 0.15) is 0 Å². The van der Waals surface area contributed by atoms with Gasteiger partial charge in [-0.1, -0.05) is 42.5 Å². The molecule has 2 aromatic rings. The highest BCUT2D eigenvalue weighted by atomic mass is 32.2. The van der Waals surface area contributed by atoms with E-state index in [2.05, 4.69) is 5.32 Å². The quantitative estimate of drug-likeness (QED) is 0.825. The molecule has 0 aliphatic carbocycles. The van der Waals surface area contributed by atoms with E-state index in [9.17, 15) is 14.4 Å². The topological polar surface area (TPSA) is 66.5 Å². The lowest BCUT2D eigenvalue weighted by Crippen LogP contribution is -2.26. The third-order valence-electron chi connectivity index (χ3n) is 3.96. The predicted molar refractivity (Wildman–Crippen MR) is 103 cm³/mol. The number of nitrogens with zero attached hydrogens (tertiary/aromatic N) is 1. The number of carbonyl (C=O) groups excluding carboxylic acids is 3. The molecular weight excluding hydrogens is 348 g/mol. The lowest BCUT2D eigenvalue weighted by molar-refractivity contribution is -0.134. The first-order chi connectivity index (χ1) is 12.5. The molecule has 3 rings (SSSR count). The highest BCUT2D eigenvalue weighted by Gasteiger charge is 2.36. The largest absolute Gasteiger partial charge is 0.326 e. The first-order valence-corrected chi connectivity index (χ1v) is 9.07.